The summed E-state index contributed by atoms with van der Waals surface area (Å²) in [5.74, 6) is -9.94. The molecule has 0 radical (unpaired) electrons. The van der Waals surface area contributed by atoms with Crippen LogP contribution in [0.2, 0.25) is 0 Å². The Kier molecular flexibility index (Phi) is 30.9. The molecule has 3 aromatic rings. The van der Waals surface area contributed by atoms with Crippen molar-refractivity contribution in [2.24, 2.45) is 0 Å². The molecule has 0 saturated carbocycles. The van der Waals surface area contributed by atoms with Crippen molar-refractivity contribution in [1.82, 2.24) is 56.8 Å². The van der Waals surface area contributed by atoms with Crippen molar-refractivity contribution in [3.05, 3.63) is 73.6 Å². The maximum Gasteiger partial charge on any atom is 0.326 e. The molecule has 2 aliphatic rings. The number of nitrogens with one attached hydrogen (secondary N) is 8. The Morgan fingerprint density at radius 2 is 1.15 bits per heavy atom. The molecule has 5 rings (SSSR count). The molecule has 4 unspecified atom stereocenters. The van der Waals surface area contributed by atoms with Crippen molar-refractivity contribution in [1.29, 1.82) is 0 Å². The first-order chi connectivity index (χ1) is 43.4. The molecule has 35 nitrogen and oxygen atoms in total. The van der Waals surface area contributed by atoms with Gasteiger partial charge in [-0.2, -0.15) is 10.0 Å². The number of halogens is 1. The first kappa shape index (κ1) is 73.4. The summed E-state index contributed by atoms with van der Waals surface area (Å²) < 4.78 is 1.13. The molecular weight excluding hydrogens is 1320 g/mol. The van der Waals surface area contributed by atoms with E-state index in [1.54, 1.807) is 24.1 Å². The van der Waals surface area contributed by atoms with Crippen LogP contribution in [0, 0.1) is 3.57 Å². The van der Waals surface area contributed by atoms with Gasteiger partial charge in [-0.15, -0.1) is 15.2 Å². The number of hydroxylamine groups is 8. The fourth-order valence-electron chi connectivity index (χ4n) is 9.02. The third-order valence-corrected chi connectivity index (χ3v) is 14.6. The number of hydrogen-bond donors (Lipinski definition) is 14. The number of amides is 5. The van der Waals surface area contributed by atoms with Crippen LogP contribution in [-0.4, -0.2) is 226 Å². The lowest BCUT2D eigenvalue weighted by Crippen LogP contribution is -2.52. The standard InChI is InChI=1S/C55H78IN15O20/c1-67-38(25-61-49-48(67)52(83)66-55(57)65-49)24-60-37-18-14-35(15-19-37)50(81)63-41(54(86)87)20-21-43(73)62-39(51(82)64-40(53(84)85)10-5-7-22-58-42(72)11-3-2-8-34-12-16-36(56)17-13-34)9-4-6-23-59-44(74)26-68-30-89-70(28-46(77)78)32-91-71(29-47(79)80)33-90-69(31-88-68)27-45(75)76/h12-19,38-41,60H,2-11,20-33H2,1H3,(H,58,72)(H,59,74)(H,62,73)(H,63,81)(H,64,82)(H,75,76)(H,77,78)(H,79,80)(H,84,85)(H,86,87)(H4,57,61,65,66,83). The molecule has 3 heterocycles. The molecular formula is C55H78IN15O20. The van der Waals surface area contributed by atoms with E-state index in [2.05, 4.69) is 69.8 Å². The monoisotopic (exact) mass is 1400 g/mol. The van der Waals surface area contributed by atoms with Gasteiger partial charge in [0.1, 0.15) is 76.9 Å². The van der Waals surface area contributed by atoms with E-state index in [0.29, 0.717) is 49.5 Å². The van der Waals surface area contributed by atoms with E-state index in [9.17, 15) is 78.3 Å². The van der Waals surface area contributed by atoms with Gasteiger partial charge in [0.2, 0.25) is 29.6 Å². The summed E-state index contributed by atoms with van der Waals surface area (Å²) in [7, 11) is 1.74. The molecule has 91 heavy (non-hydrogen) atoms. The number of rotatable bonds is 36. The lowest BCUT2D eigenvalue weighted by molar-refractivity contribution is -0.370. The smallest absolute Gasteiger partial charge is 0.326 e. The van der Waals surface area contributed by atoms with E-state index in [1.165, 1.54) is 17.7 Å². The molecule has 5 amide bonds. The van der Waals surface area contributed by atoms with Gasteiger partial charge in [-0.25, -0.2) is 9.59 Å². The molecule has 2 aliphatic heterocycles. The lowest BCUT2D eigenvalue weighted by atomic mass is 10.0. The number of hydrogen-bond acceptors (Lipinski definition) is 24. The molecule has 1 saturated heterocycles. The largest absolute Gasteiger partial charge is 0.480 e. The molecule has 1 aromatic heterocycles. The Morgan fingerprint density at radius 1 is 0.626 bits per heavy atom. The molecule has 15 N–H and O–H groups in total. The number of nitrogens with two attached hydrogens (primary N) is 1. The highest BCUT2D eigenvalue weighted by atomic mass is 127. The minimum Gasteiger partial charge on any atom is -0.480 e. The van der Waals surface area contributed by atoms with Gasteiger partial charge in [-0.1, -0.05) is 12.1 Å². The molecule has 2 aromatic carbocycles. The molecule has 0 bridgehead atoms. The SMILES string of the molecule is CN1c2c(nc(N)[nH]c2=O)NCC1CNc1ccc(C(=O)NC(CCC(=O)NC(CCCCNC(=O)CN2CON(CC(=O)O)CON(CC(=O)O)CON(CC(=O)O)CO2)C(=O)NC(CCCCNC(=O)CCCCc2ccc(I)cc2)C(=O)O)C(=O)O)cc1. The van der Waals surface area contributed by atoms with E-state index < -0.39 is 143 Å². The normalized spacial score (nSPS) is 16.2. The summed E-state index contributed by atoms with van der Waals surface area (Å²) in [4.78, 5) is 169. The van der Waals surface area contributed by atoms with Gasteiger partial charge < -0.3 is 73.4 Å². The summed E-state index contributed by atoms with van der Waals surface area (Å²) in [5.41, 5.74) is 7.46. The van der Waals surface area contributed by atoms with Gasteiger partial charge in [0, 0.05) is 60.9 Å². The number of nitrogen functional groups attached to an aromatic ring is 1. The highest BCUT2D eigenvalue weighted by Gasteiger charge is 2.30. The number of benzene rings is 2. The molecule has 36 heteroatoms. The van der Waals surface area contributed by atoms with E-state index in [-0.39, 0.29) is 68.7 Å². The molecule has 4 atom stereocenters. The molecule has 0 spiro atoms. The fraction of sp³-hybridized carbons (Fsp3) is 0.527. The van der Waals surface area contributed by atoms with Crippen LogP contribution in [0.25, 0.3) is 0 Å². The average Bonchev–Trinajstić information content (AvgIpc) is 0.874. The second-order valence-electron chi connectivity index (χ2n) is 21.0. The number of carbonyl (C=O) groups is 10. The molecule has 1 fully saturated rings. The summed E-state index contributed by atoms with van der Waals surface area (Å²) >= 11 is 2.23. The minimum atomic E-state index is -1.58. The third-order valence-electron chi connectivity index (χ3n) is 13.8. The maximum absolute atomic E-state index is 13.9. The third kappa shape index (κ3) is 27.3. The predicted octanol–water partition coefficient (Wildman–Crippen LogP) is -0.666. The fourth-order valence-corrected chi connectivity index (χ4v) is 9.38. The number of carboxylic acids is 5. The van der Waals surface area contributed by atoms with Crippen molar-refractivity contribution in [3.8, 4) is 0 Å². The summed E-state index contributed by atoms with van der Waals surface area (Å²) in [5, 5.41) is 70.7. The lowest BCUT2D eigenvalue weighted by Gasteiger charge is -2.35. The number of likely N-dealkylation sites (N-methyl/N-ethyl adjacent to an activating group) is 1. The van der Waals surface area contributed by atoms with Gasteiger partial charge in [0.05, 0.1) is 6.04 Å². The van der Waals surface area contributed by atoms with Crippen molar-refractivity contribution in [3.63, 3.8) is 0 Å². The second-order valence-corrected chi connectivity index (χ2v) is 22.2. The zero-order valence-corrected chi connectivity index (χ0v) is 52.1. The number of aromatic amines is 1. The van der Waals surface area contributed by atoms with Gasteiger partial charge >= 0.3 is 29.8 Å². The van der Waals surface area contributed by atoms with Crippen LogP contribution >= 0.6 is 22.6 Å². The number of nitrogens with zero attached hydrogens (tertiary/aromatic N) is 6. The Labute approximate surface area is 534 Å². The maximum atomic E-state index is 13.9. The zero-order valence-electron chi connectivity index (χ0n) is 49.9. The number of fused-ring (bicyclic) bond motifs is 1. The number of carbonyl (C=O) groups excluding carboxylic acids is 5. The first-order valence-electron chi connectivity index (χ1n) is 28.9. The summed E-state index contributed by atoms with van der Waals surface area (Å²) in [6, 6.07) is 9.67. The van der Waals surface area contributed by atoms with Crippen LogP contribution in [0.5, 0.6) is 0 Å². The van der Waals surface area contributed by atoms with E-state index in [0.717, 1.165) is 36.7 Å². The van der Waals surface area contributed by atoms with Crippen LogP contribution < -0.4 is 53.4 Å². The number of carboxylic acid groups (broad SMARTS) is 5. The molecule has 0 aliphatic carbocycles. The van der Waals surface area contributed by atoms with Gasteiger partial charge in [-0.3, -0.25) is 67.5 Å². The Hall–Kier alpha value is -8.37. The Balaban J connectivity index is 1.15. The van der Waals surface area contributed by atoms with Crippen molar-refractivity contribution in [2.45, 2.75) is 101 Å². The van der Waals surface area contributed by atoms with Crippen molar-refractivity contribution in [2.75, 3.05) is 108 Å². The van der Waals surface area contributed by atoms with Gasteiger partial charge in [-0.05, 0) is 129 Å². The number of aromatic nitrogens is 2. The second kappa shape index (κ2) is 38.4. The quantitative estimate of drug-likeness (QED) is 0.0254. The number of H-pyrrole nitrogens is 1. The summed E-state index contributed by atoms with van der Waals surface area (Å²) in [6.07, 6.45) is 2.47. The van der Waals surface area contributed by atoms with Crippen molar-refractivity contribution >= 4 is 105 Å². The first-order valence-corrected chi connectivity index (χ1v) is 30.0. The number of aliphatic carboxylic acids is 5. The van der Waals surface area contributed by atoms with Gasteiger partial charge in [0.25, 0.3) is 11.5 Å². The summed E-state index contributed by atoms with van der Waals surface area (Å²) in [6.45, 7) is -4.54. The van der Waals surface area contributed by atoms with Crippen LogP contribution in [0.15, 0.2) is 53.3 Å². The average molecular weight is 1400 g/mol. The number of unbranched alkanes of at least 4 members (excludes halogenated alkanes) is 3. The van der Waals surface area contributed by atoms with Crippen molar-refractivity contribution < 1.29 is 92.8 Å². The van der Waals surface area contributed by atoms with E-state index >= 15 is 0 Å². The van der Waals surface area contributed by atoms with Crippen LogP contribution in [0.4, 0.5) is 23.1 Å². The minimum absolute atomic E-state index is 0.0237. The van der Waals surface area contributed by atoms with Gasteiger partial charge in [0.15, 0.2) is 5.82 Å². The highest BCUT2D eigenvalue weighted by Crippen LogP contribution is 2.25. The Morgan fingerprint density at radius 3 is 1.70 bits per heavy atom. The topological polar surface area (TPSA) is 481 Å². The Bertz CT molecular complexity index is 2970. The zero-order chi connectivity index (χ0) is 66.4. The number of aryl methyl sites for hydroxylation is 1. The van der Waals surface area contributed by atoms with Crippen LogP contribution in [-0.2, 0) is 68.9 Å². The highest BCUT2D eigenvalue weighted by molar-refractivity contribution is 14.1. The van der Waals surface area contributed by atoms with E-state index in [4.69, 9.17) is 25.1 Å². The van der Waals surface area contributed by atoms with E-state index in [1.807, 2.05) is 24.3 Å². The van der Waals surface area contributed by atoms with Crippen LogP contribution in [0.1, 0.15) is 86.6 Å². The van der Waals surface area contributed by atoms with Crippen LogP contribution in [0.3, 0.4) is 0 Å². The number of anilines is 4. The molecule has 500 valence electrons. The predicted molar refractivity (Wildman–Crippen MR) is 328 cm³/mol.